The van der Waals surface area contributed by atoms with Gasteiger partial charge >= 0.3 is 0 Å². The van der Waals surface area contributed by atoms with Crippen LogP contribution in [0.2, 0.25) is 0 Å². The Morgan fingerprint density at radius 3 is 3.00 bits per heavy atom. The minimum Gasteiger partial charge on any atom is -0.354 e. The first kappa shape index (κ1) is 13.9. The Balaban J connectivity index is 1.64. The normalized spacial score (nSPS) is 24.5. The predicted molar refractivity (Wildman–Crippen MR) is 76.0 cm³/mol. The first-order valence-corrected chi connectivity index (χ1v) is 6.98. The van der Waals surface area contributed by atoms with Crippen LogP contribution in [0.3, 0.4) is 0 Å². The van der Waals surface area contributed by atoms with Gasteiger partial charge in [-0.1, -0.05) is 6.07 Å². The molecular weight excluding hydrogens is 273 g/mol. The number of fused-ring (bicyclic) bond motifs is 1. The number of hydrogen-bond acceptors (Lipinski definition) is 5. The van der Waals surface area contributed by atoms with Crippen LogP contribution in [0.25, 0.3) is 0 Å². The molecule has 0 saturated carbocycles. The number of nitrogens with zero attached hydrogens (tertiary/aromatic N) is 2. The second-order valence-electron chi connectivity index (χ2n) is 5.40. The number of hydrogen-bond donors (Lipinski definition) is 1. The number of rotatable bonds is 3. The maximum Gasteiger partial charge on any atom is 0.212 e. The maximum absolute atomic E-state index is 13.1. The molecule has 1 fully saturated rings. The van der Waals surface area contributed by atoms with E-state index in [4.69, 9.17) is 0 Å². The predicted octanol–water partition coefficient (Wildman–Crippen LogP) is 1.19. The SMILES string of the molecule is O=CC(=O)C1CCC(N2C=Nc3cc(F)ccc3C2)CN1. The molecule has 1 aromatic rings. The Labute approximate surface area is 121 Å². The van der Waals surface area contributed by atoms with Gasteiger partial charge in [-0.25, -0.2) is 9.38 Å². The number of carbonyl (C=O) groups is 2. The highest BCUT2D eigenvalue weighted by molar-refractivity contribution is 6.27. The third kappa shape index (κ3) is 2.85. The molecule has 1 aromatic carbocycles. The molecule has 2 atom stereocenters. The van der Waals surface area contributed by atoms with Gasteiger partial charge in [0.1, 0.15) is 5.82 Å². The van der Waals surface area contributed by atoms with Crippen LogP contribution in [0.1, 0.15) is 18.4 Å². The van der Waals surface area contributed by atoms with Crippen molar-refractivity contribution in [3.63, 3.8) is 0 Å². The third-order valence-electron chi connectivity index (χ3n) is 4.06. The minimum atomic E-state index is -0.387. The van der Waals surface area contributed by atoms with Crippen molar-refractivity contribution in [2.75, 3.05) is 6.54 Å². The van der Waals surface area contributed by atoms with Crippen molar-refractivity contribution in [1.29, 1.82) is 0 Å². The first-order valence-electron chi connectivity index (χ1n) is 6.98. The summed E-state index contributed by atoms with van der Waals surface area (Å²) in [7, 11) is 0. The van der Waals surface area contributed by atoms with E-state index < -0.39 is 0 Å². The van der Waals surface area contributed by atoms with E-state index in [-0.39, 0.29) is 23.7 Å². The zero-order valence-corrected chi connectivity index (χ0v) is 11.5. The van der Waals surface area contributed by atoms with Crippen molar-refractivity contribution in [2.45, 2.75) is 31.5 Å². The minimum absolute atomic E-state index is 0.225. The topological polar surface area (TPSA) is 61.8 Å². The smallest absolute Gasteiger partial charge is 0.212 e. The second kappa shape index (κ2) is 5.73. The summed E-state index contributed by atoms with van der Waals surface area (Å²) in [5, 5.41) is 3.11. The third-order valence-corrected chi connectivity index (χ3v) is 4.06. The number of ketones is 1. The first-order chi connectivity index (χ1) is 10.2. The molecule has 0 bridgehead atoms. The number of piperidine rings is 1. The molecule has 0 aliphatic carbocycles. The standard InChI is InChI=1S/C15H16FN3O2/c16-11-2-1-10-7-19(9-18-14(10)5-11)12-3-4-13(17-6-12)15(21)8-20/h1-2,5,8-9,12-13,17H,3-4,6-7H2. The summed E-state index contributed by atoms with van der Waals surface area (Å²) < 4.78 is 13.1. The van der Waals surface area contributed by atoms with Crippen LogP contribution in [0.5, 0.6) is 0 Å². The average Bonchev–Trinajstić information content (AvgIpc) is 2.53. The molecule has 2 unspecified atom stereocenters. The Morgan fingerprint density at radius 1 is 1.43 bits per heavy atom. The number of aliphatic imine (C=N–C) groups is 1. The van der Waals surface area contributed by atoms with E-state index in [1.807, 2.05) is 0 Å². The van der Waals surface area contributed by atoms with Crippen LogP contribution >= 0.6 is 0 Å². The molecule has 6 heteroatoms. The van der Waals surface area contributed by atoms with Crippen LogP contribution in [-0.2, 0) is 16.1 Å². The Bertz CT molecular complexity index is 595. The second-order valence-corrected chi connectivity index (χ2v) is 5.40. The van der Waals surface area contributed by atoms with Crippen molar-refractivity contribution in [3.8, 4) is 0 Å². The summed E-state index contributed by atoms with van der Waals surface area (Å²) in [4.78, 5) is 28.2. The van der Waals surface area contributed by atoms with Gasteiger partial charge in [0.15, 0.2) is 6.29 Å². The molecule has 0 radical (unpaired) electrons. The van der Waals surface area contributed by atoms with Gasteiger partial charge in [-0.3, -0.25) is 9.59 Å². The summed E-state index contributed by atoms with van der Waals surface area (Å²) in [5.41, 5.74) is 1.66. The lowest BCUT2D eigenvalue weighted by molar-refractivity contribution is -0.131. The van der Waals surface area contributed by atoms with E-state index in [0.29, 0.717) is 31.5 Å². The molecule has 0 aromatic heterocycles. The van der Waals surface area contributed by atoms with E-state index in [2.05, 4.69) is 15.2 Å². The molecule has 0 spiro atoms. The number of nitrogens with one attached hydrogen (secondary N) is 1. The van der Waals surface area contributed by atoms with Gasteiger partial charge < -0.3 is 10.2 Å². The van der Waals surface area contributed by atoms with Gasteiger partial charge in [0.2, 0.25) is 5.78 Å². The number of halogens is 1. The van der Waals surface area contributed by atoms with Gasteiger partial charge in [-0.15, -0.1) is 0 Å². The summed E-state index contributed by atoms with van der Waals surface area (Å²) in [6.07, 6.45) is 3.57. The van der Waals surface area contributed by atoms with E-state index in [1.165, 1.54) is 12.1 Å². The molecule has 2 heterocycles. The molecular formula is C15H16FN3O2. The highest BCUT2D eigenvalue weighted by Crippen LogP contribution is 2.27. The van der Waals surface area contributed by atoms with Crippen molar-refractivity contribution in [1.82, 2.24) is 10.2 Å². The van der Waals surface area contributed by atoms with Gasteiger partial charge in [0.25, 0.3) is 0 Å². The molecule has 1 saturated heterocycles. The Morgan fingerprint density at radius 2 is 2.29 bits per heavy atom. The fourth-order valence-corrected chi connectivity index (χ4v) is 2.84. The van der Waals surface area contributed by atoms with E-state index in [1.54, 1.807) is 12.4 Å². The van der Waals surface area contributed by atoms with E-state index >= 15 is 0 Å². The lowest BCUT2D eigenvalue weighted by atomic mass is 9.96. The van der Waals surface area contributed by atoms with Gasteiger partial charge in [-0.2, -0.15) is 0 Å². The van der Waals surface area contributed by atoms with Gasteiger partial charge in [0.05, 0.1) is 18.1 Å². The lowest BCUT2D eigenvalue weighted by Crippen LogP contribution is -2.52. The summed E-state index contributed by atoms with van der Waals surface area (Å²) in [5.74, 6) is -0.671. The van der Waals surface area contributed by atoms with Crippen LogP contribution in [0.15, 0.2) is 23.2 Å². The van der Waals surface area contributed by atoms with Crippen molar-refractivity contribution < 1.29 is 14.0 Å². The number of aldehydes is 1. The molecule has 110 valence electrons. The quantitative estimate of drug-likeness (QED) is 0.670. The maximum atomic E-state index is 13.1. The van der Waals surface area contributed by atoms with Crippen molar-refractivity contribution >= 4 is 24.1 Å². The average molecular weight is 289 g/mol. The largest absolute Gasteiger partial charge is 0.354 e. The number of benzene rings is 1. The monoisotopic (exact) mass is 289 g/mol. The van der Waals surface area contributed by atoms with Crippen LogP contribution in [0, 0.1) is 5.82 Å². The van der Waals surface area contributed by atoms with Crippen LogP contribution in [-0.4, -0.2) is 41.9 Å². The molecule has 2 aliphatic rings. The molecule has 3 rings (SSSR count). The fourth-order valence-electron chi connectivity index (χ4n) is 2.84. The number of Topliss-reactive ketones (excluding diaryl/α,β-unsaturated/α-hetero) is 1. The summed E-state index contributed by atoms with van der Waals surface area (Å²) in [6, 6.07) is 4.49. The molecule has 5 nitrogen and oxygen atoms in total. The van der Waals surface area contributed by atoms with Gasteiger partial charge in [-0.05, 0) is 30.5 Å². The van der Waals surface area contributed by atoms with E-state index in [0.717, 1.165) is 12.0 Å². The molecule has 21 heavy (non-hydrogen) atoms. The van der Waals surface area contributed by atoms with Gasteiger partial charge in [0, 0.05) is 19.1 Å². The summed E-state index contributed by atoms with van der Waals surface area (Å²) in [6.45, 7) is 1.31. The van der Waals surface area contributed by atoms with Crippen LogP contribution in [0.4, 0.5) is 10.1 Å². The Hall–Kier alpha value is -2.08. The molecule has 0 amide bonds. The van der Waals surface area contributed by atoms with Crippen LogP contribution < -0.4 is 5.32 Å². The zero-order valence-electron chi connectivity index (χ0n) is 11.5. The fraction of sp³-hybridized carbons (Fsp3) is 0.400. The van der Waals surface area contributed by atoms with E-state index in [9.17, 15) is 14.0 Å². The summed E-state index contributed by atoms with van der Waals surface area (Å²) >= 11 is 0. The lowest BCUT2D eigenvalue weighted by Gasteiger charge is -2.37. The highest BCUT2D eigenvalue weighted by Gasteiger charge is 2.29. The van der Waals surface area contributed by atoms with Crippen molar-refractivity contribution in [2.24, 2.45) is 4.99 Å². The highest BCUT2D eigenvalue weighted by atomic mass is 19.1. The number of carbonyl (C=O) groups excluding carboxylic acids is 2. The zero-order chi connectivity index (χ0) is 14.8. The molecule has 2 aliphatic heterocycles. The molecule has 1 N–H and O–H groups in total. The Kier molecular flexibility index (Phi) is 3.79. The van der Waals surface area contributed by atoms with Crippen molar-refractivity contribution in [3.05, 3.63) is 29.6 Å².